The summed E-state index contributed by atoms with van der Waals surface area (Å²) in [4.78, 5) is 46.2. The molecule has 1 aromatic rings. The van der Waals surface area contributed by atoms with Gasteiger partial charge in [-0.25, -0.2) is 14.4 Å². The van der Waals surface area contributed by atoms with Crippen LogP contribution in [0.5, 0.6) is 0 Å². The zero-order valence-electron chi connectivity index (χ0n) is 28.8. The number of amides is 1. The third-order valence-corrected chi connectivity index (χ3v) is 8.06. The van der Waals surface area contributed by atoms with Crippen LogP contribution in [-0.2, 0) is 19.1 Å². The molecule has 2 aliphatic carbocycles. The Bertz CT molecular complexity index is 1140. The number of thiophene rings is 1. The molecule has 0 spiro atoms. The van der Waals surface area contributed by atoms with Crippen LogP contribution in [0.3, 0.4) is 0 Å². The van der Waals surface area contributed by atoms with Gasteiger partial charge < -0.3 is 30.0 Å². The van der Waals surface area contributed by atoms with Crippen molar-refractivity contribution in [2.24, 2.45) is 17.3 Å². The molecule has 45 heavy (non-hydrogen) atoms. The van der Waals surface area contributed by atoms with Crippen molar-refractivity contribution in [3.05, 3.63) is 15.8 Å². The molecule has 254 valence electrons. The first kappa shape index (κ1) is 40.0. The van der Waals surface area contributed by atoms with Crippen LogP contribution in [0.25, 0.3) is 0 Å². The molecule has 1 atom stereocenters. The molecule has 1 amide bonds. The van der Waals surface area contributed by atoms with Crippen LogP contribution in [0, 0.1) is 29.1 Å². The van der Waals surface area contributed by atoms with Crippen LogP contribution in [0.4, 0.5) is 10.5 Å². The molecule has 2 fully saturated rings. The quantitative estimate of drug-likeness (QED) is 0.154. The number of anilines is 1. The van der Waals surface area contributed by atoms with Gasteiger partial charge in [0.15, 0.2) is 0 Å². The minimum absolute atomic E-state index is 0.00654. The van der Waals surface area contributed by atoms with E-state index in [2.05, 4.69) is 22.5 Å². The molecule has 2 aliphatic rings. The molecule has 0 aromatic carbocycles. The lowest BCUT2D eigenvalue weighted by molar-refractivity contribution is -0.154. The van der Waals surface area contributed by atoms with E-state index >= 15 is 0 Å². The summed E-state index contributed by atoms with van der Waals surface area (Å²) < 4.78 is 10.7. The molecule has 3 rings (SSSR count). The number of nitrogens with one attached hydrogen (secondary N) is 2. The summed E-state index contributed by atoms with van der Waals surface area (Å²) in [6, 6.07) is 1.11. The summed E-state index contributed by atoms with van der Waals surface area (Å²) in [5, 5.41) is 14.4. The van der Waals surface area contributed by atoms with Gasteiger partial charge in [0.2, 0.25) is 0 Å². The van der Waals surface area contributed by atoms with Crippen LogP contribution in [-0.4, -0.2) is 54.2 Å². The number of carbonyl (C=O) groups is 4. The fourth-order valence-electron chi connectivity index (χ4n) is 4.67. The lowest BCUT2D eigenvalue weighted by atomic mass is 9.91. The number of hydrogen-bond donors (Lipinski definition) is 3. The number of ether oxygens (including phenoxy) is 2. The van der Waals surface area contributed by atoms with E-state index in [1.54, 1.807) is 33.9 Å². The normalized spacial score (nSPS) is 16.3. The predicted molar refractivity (Wildman–Crippen MR) is 181 cm³/mol. The van der Waals surface area contributed by atoms with E-state index in [0.29, 0.717) is 16.5 Å². The van der Waals surface area contributed by atoms with Gasteiger partial charge in [0, 0.05) is 18.4 Å². The molecule has 1 heterocycles. The van der Waals surface area contributed by atoms with E-state index in [1.165, 1.54) is 37.0 Å². The first-order valence-corrected chi connectivity index (χ1v) is 17.0. The molecule has 0 saturated heterocycles. The van der Waals surface area contributed by atoms with Crippen molar-refractivity contribution in [1.82, 2.24) is 5.32 Å². The maximum Gasteiger partial charge on any atom is 0.408 e. The monoisotopic (exact) mass is 648 g/mol. The lowest BCUT2D eigenvalue weighted by Crippen LogP contribution is -2.48. The van der Waals surface area contributed by atoms with Crippen molar-refractivity contribution < 1.29 is 33.8 Å². The molecule has 0 aliphatic heterocycles. The smallest absolute Gasteiger partial charge is 0.408 e. The highest BCUT2D eigenvalue weighted by Gasteiger charge is 2.30. The average Bonchev–Trinajstić information content (AvgIpc) is 3.39. The topological polar surface area (TPSA) is 131 Å². The summed E-state index contributed by atoms with van der Waals surface area (Å²) in [6.45, 7) is 15.2. The Morgan fingerprint density at radius 2 is 1.53 bits per heavy atom. The largest absolute Gasteiger partial charge is 0.477 e. The second kappa shape index (κ2) is 19.5. The van der Waals surface area contributed by atoms with Crippen LogP contribution in [0.1, 0.15) is 134 Å². The van der Waals surface area contributed by atoms with E-state index in [-0.39, 0.29) is 23.4 Å². The molecule has 1 unspecified atom stereocenters. The Hall–Kier alpha value is -3.06. The zero-order chi connectivity index (χ0) is 34.2. The van der Waals surface area contributed by atoms with Crippen LogP contribution < -0.4 is 10.6 Å². The van der Waals surface area contributed by atoms with Crippen molar-refractivity contribution >= 4 is 41.3 Å². The van der Waals surface area contributed by atoms with Crippen molar-refractivity contribution in [1.29, 1.82) is 0 Å². The second-order valence-corrected chi connectivity index (χ2v) is 15.1. The summed E-state index contributed by atoms with van der Waals surface area (Å²) in [5.41, 5.74) is -0.0396. The highest BCUT2D eigenvalue weighted by molar-refractivity contribution is 7.15. The Balaban J connectivity index is 0.000000370. The molecule has 10 heteroatoms. The Labute approximate surface area is 274 Å². The molecule has 2 saturated carbocycles. The second-order valence-electron chi connectivity index (χ2n) is 14.0. The van der Waals surface area contributed by atoms with Crippen molar-refractivity contribution in [3.63, 3.8) is 0 Å². The van der Waals surface area contributed by atoms with E-state index in [9.17, 15) is 19.2 Å². The number of rotatable bonds is 7. The zero-order valence-corrected chi connectivity index (χ0v) is 29.7. The minimum Gasteiger partial charge on any atom is -0.477 e. The van der Waals surface area contributed by atoms with Crippen LogP contribution in [0.15, 0.2) is 6.07 Å². The molecular weight excluding hydrogens is 592 g/mol. The van der Waals surface area contributed by atoms with Crippen molar-refractivity contribution in [2.75, 3.05) is 12.4 Å². The number of carboxylic acids is 1. The van der Waals surface area contributed by atoms with Crippen molar-refractivity contribution in [2.45, 2.75) is 137 Å². The SMILES string of the molecule is CC(C)C(NC(=O)OC(C)(C)C)C(=O)OC1CCCCC1.CNc1cc(C#CC(C)(C)C)sc1C(=O)O.O=CC1CCCCC1. The maximum atomic E-state index is 12.3. The molecule has 3 N–H and O–H groups in total. The Morgan fingerprint density at radius 1 is 0.978 bits per heavy atom. The van der Waals surface area contributed by atoms with Gasteiger partial charge >= 0.3 is 18.0 Å². The van der Waals surface area contributed by atoms with Gasteiger partial charge in [-0.15, -0.1) is 11.3 Å². The third-order valence-electron chi connectivity index (χ3n) is 7.03. The summed E-state index contributed by atoms with van der Waals surface area (Å²) in [5.74, 6) is 5.16. The van der Waals surface area contributed by atoms with Crippen LogP contribution in [0.2, 0.25) is 0 Å². The first-order valence-electron chi connectivity index (χ1n) is 16.2. The molecule has 0 bridgehead atoms. The van der Waals surface area contributed by atoms with Gasteiger partial charge in [0.05, 0.1) is 10.6 Å². The minimum atomic E-state index is -0.918. The average molecular weight is 649 g/mol. The fourth-order valence-corrected chi connectivity index (χ4v) is 5.53. The summed E-state index contributed by atoms with van der Waals surface area (Å²) in [6.07, 6.45) is 11.9. The number of carbonyl (C=O) groups excluding carboxylic acids is 3. The number of aldehydes is 1. The number of esters is 1. The number of carboxylic acid groups (broad SMARTS) is 1. The van der Waals surface area contributed by atoms with E-state index in [1.807, 2.05) is 34.6 Å². The van der Waals surface area contributed by atoms with Gasteiger partial charge in [0.25, 0.3) is 0 Å². The third kappa shape index (κ3) is 17.3. The predicted octanol–water partition coefficient (Wildman–Crippen LogP) is 8.06. The standard InChI is InChI=1S/C16H29NO4.C12H15NO2S.C7H12O/c1-11(2)13(17-15(19)21-16(3,4)5)14(18)20-12-9-7-6-8-10-12;1-12(2,3)6-5-8-7-9(13-4)10(16-8)11(14)15;8-6-7-4-2-1-3-5-7/h11-13H,6-10H2,1-5H3,(H,17,19);7,13H,1-4H3,(H,14,15);6-7H,1-5H2. The fraction of sp³-hybridized carbons (Fsp3) is 0.714. The van der Waals surface area contributed by atoms with Crippen LogP contribution >= 0.6 is 11.3 Å². The Morgan fingerprint density at radius 3 is 1.93 bits per heavy atom. The number of hydrogen-bond acceptors (Lipinski definition) is 8. The maximum absolute atomic E-state index is 12.3. The first-order chi connectivity index (χ1) is 21.0. The summed E-state index contributed by atoms with van der Waals surface area (Å²) >= 11 is 1.20. The highest BCUT2D eigenvalue weighted by atomic mass is 32.1. The lowest BCUT2D eigenvalue weighted by Gasteiger charge is -2.27. The van der Waals surface area contributed by atoms with E-state index < -0.39 is 23.7 Å². The van der Waals surface area contributed by atoms with Gasteiger partial charge in [-0.05, 0) is 92.1 Å². The van der Waals surface area contributed by atoms with E-state index in [4.69, 9.17) is 14.6 Å². The molecule has 9 nitrogen and oxygen atoms in total. The molecule has 1 aromatic heterocycles. The van der Waals surface area contributed by atoms with Gasteiger partial charge in [-0.2, -0.15) is 0 Å². The molecular formula is C35H56N2O7S. The Kier molecular flexibility index (Phi) is 17.3. The highest BCUT2D eigenvalue weighted by Crippen LogP contribution is 2.27. The van der Waals surface area contributed by atoms with Gasteiger partial charge in [0.1, 0.15) is 28.9 Å². The van der Waals surface area contributed by atoms with Gasteiger partial charge in [-0.1, -0.05) is 51.4 Å². The van der Waals surface area contributed by atoms with Gasteiger partial charge in [-0.3, -0.25) is 0 Å². The number of aromatic carboxylic acids is 1. The molecule has 0 radical (unpaired) electrons. The summed E-state index contributed by atoms with van der Waals surface area (Å²) in [7, 11) is 1.70. The van der Waals surface area contributed by atoms with Crippen molar-refractivity contribution in [3.8, 4) is 11.8 Å². The number of alkyl carbamates (subject to hydrolysis) is 1. The van der Waals surface area contributed by atoms with E-state index in [0.717, 1.165) is 49.7 Å².